The highest BCUT2D eigenvalue weighted by Gasteiger charge is 2.15. The van der Waals surface area contributed by atoms with Crippen LogP contribution in [0.4, 0.5) is 13.6 Å². The number of ether oxygens (including phenoxy) is 2. The third-order valence-electron chi connectivity index (χ3n) is 3.27. The lowest BCUT2D eigenvalue weighted by atomic mass is 10.1. The molecule has 0 bridgehead atoms. The second kappa shape index (κ2) is 11.3. The Morgan fingerprint density at radius 1 is 1.18 bits per heavy atom. The SMILES string of the molecule is CCNC(=NCc1cc(C)ccc1OC(F)F)NCCNC(=O)OC(C)(C)C. The van der Waals surface area contributed by atoms with Gasteiger partial charge in [0.15, 0.2) is 5.96 Å². The van der Waals surface area contributed by atoms with Gasteiger partial charge in [-0.3, -0.25) is 0 Å². The van der Waals surface area contributed by atoms with Gasteiger partial charge >= 0.3 is 12.7 Å². The van der Waals surface area contributed by atoms with Crippen LogP contribution in [-0.2, 0) is 11.3 Å². The molecule has 28 heavy (non-hydrogen) atoms. The Bertz CT molecular complexity index is 661. The second-order valence-corrected chi connectivity index (χ2v) is 7.04. The van der Waals surface area contributed by atoms with E-state index in [-0.39, 0.29) is 12.3 Å². The number of aryl methyl sites for hydroxylation is 1. The summed E-state index contributed by atoms with van der Waals surface area (Å²) in [4.78, 5) is 16.0. The molecule has 3 N–H and O–H groups in total. The standard InChI is InChI=1S/C19H30F2N4O3/c1-6-22-17(23-9-10-24-18(26)28-19(3,4)5)25-12-14-11-13(2)7-8-15(14)27-16(20)21/h7-8,11,16H,6,9-10,12H2,1-5H3,(H,24,26)(H2,22,23,25). The number of alkyl halides is 2. The topological polar surface area (TPSA) is 84.0 Å². The van der Waals surface area contributed by atoms with Gasteiger partial charge in [0, 0.05) is 25.2 Å². The van der Waals surface area contributed by atoms with Gasteiger partial charge in [-0.25, -0.2) is 9.79 Å². The molecule has 0 unspecified atom stereocenters. The van der Waals surface area contributed by atoms with E-state index in [1.807, 2.05) is 13.8 Å². The molecule has 0 aliphatic heterocycles. The maximum Gasteiger partial charge on any atom is 0.407 e. The molecule has 0 spiro atoms. The molecule has 0 saturated carbocycles. The minimum Gasteiger partial charge on any atom is -0.444 e. The Labute approximate surface area is 164 Å². The number of hydrogen-bond acceptors (Lipinski definition) is 4. The summed E-state index contributed by atoms with van der Waals surface area (Å²) in [5.41, 5.74) is 0.926. The maximum absolute atomic E-state index is 12.6. The molecule has 158 valence electrons. The predicted molar refractivity (Wildman–Crippen MR) is 105 cm³/mol. The van der Waals surface area contributed by atoms with Crippen molar-refractivity contribution in [1.29, 1.82) is 0 Å². The summed E-state index contributed by atoms with van der Waals surface area (Å²) in [6.07, 6.45) is -0.496. The molecule has 0 aromatic heterocycles. The van der Waals surface area contributed by atoms with Crippen molar-refractivity contribution in [2.24, 2.45) is 4.99 Å². The average Bonchev–Trinajstić information content (AvgIpc) is 2.56. The van der Waals surface area contributed by atoms with E-state index in [0.717, 1.165) is 5.56 Å². The van der Waals surface area contributed by atoms with Gasteiger partial charge in [0.2, 0.25) is 0 Å². The zero-order valence-corrected chi connectivity index (χ0v) is 17.1. The second-order valence-electron chi connectivity index (χ2n) is 7.04. The fourth-order valence-electron chi connectivity index (χ4n) is 2.21. The van der Waals surface area contributed by atoms with Crippen LogP contribution in [0.25, 0.3) is 0 Å². The van der Waals surface area contributed by atoms with Gasteiger partial charge in [-0.05, 0) is 40.7 Å². The molecule has 0 aliphatic rings. The number of aliphatic imine (C=N–C) groups is 1. The van der Waals surface area contributed by atoms with Crippen LogP contribution >= 0.6 is 0 Å². The fourth-order valence-corrected chi connectivity index (χ4v) is 2.21. The number of nitrogens with zero attached hydrogens (tertiary/aromatic N) is 1. The average molecular weight is 400 g/mol. The third kappa shape index (κ3) is 9.94. The van der Waals surface area contributed by atoms with Gasteiger partial charge in [-0.15, -0.1) is 0 Å². The Balaban J connectivity index is 2.63. The minimum absolute atomic E-state index is 0.104. The Kier molecular flexibility index (Phi) is 9.47. The number of guanidine groups is 1. The third-order valence-corrected chi connectivity index (χ3v) is 3.27. The van der Waals surface area contributed by atoms with Crippen molar-refractivity contribution < 1.29 is 23.0 Å². The van der Waals surface area contributed by atoms with E-state index in [2.05, 4.69) is 25.7 Å². The van der Waals surface area contributed by atoms with Crippen LogP contribution in [0.5, 0.6) is 5.75 Å². The fraction of sp³-hybridized carbons (Fsp3) is 0.579. The quantitative estimate of drug-likeness (QED) is 0.355. The normalized spacial score (nSPS) is 11.9. The van der Waals surface area contributed by atoms with Crippen molar-refractivity contribution in [3.8, 4) is 5.75 Å². The molecule has 1 amide bonds. The molecule has 0 atom stereocenters. The first-order chi connectivity index (χ1) is 13.1. The van der Waals surface area contributed by atoms with Gasteiger partial charge in [0.05, 0.1) is 6.54 Å². The van der Waals surface area contributed by atoms with Crippen LogP contribution < -0.4 is 20.7 Å². The predicted octanol–water partition coefficient (Wildman–Crippen LogP) is 3.18. The number of nitrogens with one attached hydrogen (secondary N) is 3. The first kappa shape index (κ1) is 23.5. The molecule has 1 rings (SSSR count). The number of carbonyl (C=O) groups is 1. The maximum atomic E-state index is 12.6. The summed E-state index contributed by atoms with van der Waals surface area (Å²) in [6.45, 7) is 7.80. The van der Waals surface area contributed by atoms with E-state index in [1.165, 1.54) is 6.07 Å². The smallest absolute Gasteiger partial charge is 0.407 e. The summed E-state index contributed by atoms with van der Waals surface area (Å²) in [7, 11) is 0. The van der Waals surface area contributed by atoms with E-state index in [4.69, 9.17) is 4.74 Å². The van der Waals surface area contributed by atoms with Crippen molar-refractivity contribution >= 4 is 12.1 Å². The number of alkyl carbamates (subject to hydrolysis) is 1. The van der Waals surface area contributed by atoms with Crippen LogP contribution in [0.15, 0.2) is 23.2 Å². The molecule has 0 aliphatic carbocycles. The van der Waals surface area contributed by atoms with E-state index in [0.29, 0.717) is 31.2 Å². The molecule has 0 heterocycles. The molecule has 1 aromatic carbocycles. The molecule has 0 radical (unpaired) electrons. The van der Waals surface area contributed by atoms with Gasteiger partial charge in [-0.1, -0.05) is 17.7 Å². The summed E-state index contributed by atoms with van der Waals surface area (Å²) in [6, 6.07) is 4.98. The van der Waals surface area contributed by atoms with Crippen molar-refractivity contribution in [1.82, 2.24) is 16.0 Å². The number of amides is 1. The Hall–Kier alpha value is -2.58. The summed E-state index contributed by atoms with van der Waals surface area (Å²) in [5.74, 6) is 0.602. The summed E-state index contributed by atoms with van der Waals surface area (Å²) < 4.78 is 34.8. The van der Waals surface area contributed by atoms with Crippen LogP contribution in [0.3, 0.4) is 0 Å². The molecule has 1 aromatic rings. The number of hydrogen-bond donors (Lipinski definition) is 3. The summed E-state index contributed by atoms with van der Waals surface area (Å²) in [5, 5.41) is 8.76. The van der Waals surface area contributed by atoms with Crippen LogP contribution in [-0.4, -0.2) is 43.9 Å². The van der Waals surface area contributed by atoms with Crippen LogP contribution in [0, 0.1) is 6.92 Å². The highest BCUT2D eigenvalue weighted by atomic mass is 19.3. The zero-order valence-electron chi connectivity index (χ0n) is 17.1. The monoisotopic (exact) mass is 400 g/mol. The molecular weight excluding hydrogens is 370 g/mol. The van der Waals surface area contributed by atoms with E-state index in [1.54, 1.807) is 32.9 Å². The number of benzene rings is 1. The van der Waals surface area contributed by atoms with Gasteiger partial charge in [0.1, 0.15) is 11.4 Å². The highest BCUT2D eigenvalue weighted by Crippen LogP contribution is 2.22. The minimum atomic E-state index is -2.89. The van der Waals surface area contributed by atoms with Crippen LogP contribution in [0.2, 0.25) is 0 Å². The molecular formula is C19H30F2N4O3. The van der Waals surface area contributed by atoms with Crippen molar-refractivity contribution in [2.45, 2.75) is 53.4 Å². The molecule has 9 heteroatoms. The van der Waals surface area contributed by atoms with Crippen molar-refractivity contribution in [3.05, 3.63) is 29.3 Å². The van der Waals surface area contributed by atoms with Crippen LogP contribution in [0.1, 0.15) is 38.8 Å². The zero-order chi connectivity index (χ0) is 21.2. The van der Waals surface area contributed by atoms with Gasteiger partial charge in [-0.2, -0.15) is 8.78 Å². The van der Waals surface area contributed by atoms with E-state index >= 15 is 0 Å². The first-order valence-corrected chi connectivity index (χ1v) is 9.14. The highest BCUT2D eigenvalue weighted by molar-refractivity contribution is 5.79. The Morgan fingerprint density at radius 3 is 2.46 bits per heavy atom. The summed E-state index contributed by atoms with van der Waals surface area (Å²) >= 11 is 0. The number of halogens is 2. The number of rotatable bonds is 8. The van der Waals surface area contributed by atoms with Crippen molar-refractivity contribution in [3.63, 3.8) is 0 Å². The van der Waals surface area contributed by atoms with Gasteiger partial charge < -0.3 is 25.4 Å². The van der Waals surface area contributed by atoms with E-state index < -0.39 is 18.3 Å². The molecule has 0 fully saturated rings. The lowest BCUT2D eigenvalue weighted by molar-refractivity contribution is -0.0504. The van der Waals surface area contributed by atoms with E-state index in [9.17, 15) is 13.6 Å². The molecule has 7 nitrogen and oxygen atoms in total. The Morgan fingerprint density at radius 2 is 1.86 bits per heavy atom. The largest absolute Gasteiger partial charge is 0.444 e. The van der Waals surface area contributed by atoms with Gasteiger partial charge in [0.25, 0.3) is 0 Å². The number of carbonyl (C=O) groups excluding carboxylic acids is 1. The first-order valence-electron chi connectivity index (χ1n) is 9.14. The lowest BCUT2D eigenvalue weighted by Gasteiger charge is -2.20. The molecule has 0 saturated heterocycles. The van der Waals surface area contributed by atoms with Crippen molar-refractivity contribution in [2.75, 3.05) is 19.6 Å². The lowest BCUT2D eigenvalue weighted by Crippen LogP contribution is -2.42.